The summed E-state index contributed by atoms with van der Waals surface area (Å²) < 4.78 is 0. The molecule has 4 aromatic rings. The standard InChI is InChI=1S/C17H12N6OS/c18-14-12-1-2-13(10-7-20-9-21-8-10)23-17(12)25-15(14)16(24)22-11-3-5-19-6-4-11/h1-9H,18H2,(H,19,22,24). The molecular formula is C17H12N6OS. The Bertz CT molecular complexity index is 1050. The summed E-state index contributed by atoms with van der Waals surface area (Å²) in [4.78, 5) is 30.1. The molecule has 3 N–H and O–H groups in total. The Balaban J connectivity index is 1.71. The van der Waals surface area contributed by atoms with Gasteiger partial charge in [-0.25, -0.2) is 15.0 Å². The third kappa shape index (κ3) is 2.90. The van der Waals surface area contributed by atoms with Crippen LogP contribution in [0, 0.1) is 0 Å². The number of aromatic nitrogens is 4. The number of anilines is 2. The lowest BCUT2D eigenvalue weighted by atomic mass is 10.2. The van der Waals surface area contributed by atoms with Gasteiger partial charge >= 0.3 is 0 Å². The van der Waals surface area contributed by atoms with Crippen LogP contribution < -0.4 is 11.1 Å². The van der Waals surface area contributed by atoms with Crippen LogP contribution in [0.5, 0.6) is 0 Å². The number of rotatable bonds is 3. The van der Waals surface area contributed by atoms with Crippen LogP contribution in [0.2, 0.25) is 0 Å². The third-order valence-corrected chi connectivity index (χ3v) is 4.71. The highest BCUT2D eigenvalue weighted by molar-refractivity contribution is 7.21. The molecule has 0 unspecified atom stereocenters. The summed E-state index contributed by atoms with van der Waals surface area (Å²) in [7, 11) is 0. The Morgan fingerprint density at radius 1 is 1.04 bits per heavy atom. The summed E-state index contributed by atoms with van der Waals surface area (Å²) in [5.74, 6) is -0.267. The molecule has 122 valence electrons. The molecule has 0 fully saturated rings. The lowest BCUT2D eigenvalue weighted by Gasteiger charge is -2.03. The maximum atomic E-state index is 12.5. The number of fused-ring (bicyclic) bond motifs is 1. The molecule has 7 nitrogen and oxygen atoms in total. The first-order chi connectivity index (χ1) is 12.2. The van der Waals surface area contributed by atoms with Crippen molar-refractivity contribution in [2.24, 2.45) is 0 Å². The molecule has 4 heterocycles. The van der Waals surface area contributed by atoms with E-state index in [1.165, 1.54) is 17.7 Å². The van der Waals surface area contributed by atoms with Gasteiger partial charge in [-0.2, -0.15) is 0 Å². The molecular weight excluding hydrogens is 336 g/mol. The summed E-state index contributed by atoms with van der Waals surface area (Å²) in [6.45, 7) is 0. The van der Waals surface area contributed by atoms with Crippen LogP contribution in [0.25, 0.3) is 21.5 Å². The zero-order valence-corrected chi connectivity index (χ0v) is 13.7. The van der Waals surface area contributed by atoms with Gasteiger partial charge in [-0.1, -0.05) is 0 Å². The van der Waals surface area contributed by atoms with Crippen molar-refractivity contribution in [1.82, 2.24) is 19.9 Å². The Labute approximate surface area is 146 Å². The quantitative estimate of drug-likeness (QED) is 0.589. The van der Waals surface area contributed by atoms with Crippen molar-refractivity contribution in [3.63, 3.8) is 0 Å². The number of pyridine rings is 2. The highest BCUT2D eigenvalue weighted by Gasteiger charge is 2.18. The van der Waals surface area contributed by atoms with Gasteiger partial charge in [0, 0.05) is 41.4 Å². The first-order valence-electron chi connectivity index (χ1n) is 7.38. The maximum absolute atomic E-state index is 12.5. The number of hydrogen-bond donors (Lipinski definition) is 2. The van der Waals surface area contributed by atoms with Crippen molar-refractivity contribution < 1.29 is 4.79 Å². The SMILES string of the molecule is Nc1c(C(=O)Nc2ccncc2)sc2nc(-c3cncnc3)ccc12. The van der Waals surface area contributed by atoms with Crippen LogP contribution in [0.3, 0.4) is 0 Å². The van der Waals surface area contributed by atoms with Gasteiger partial charge in [0.15, 0.2) is 0 Å². The van der Waals surface area contributed by atoms with Crippen molar-refractivity contribution in [3.05, 3.63) is 60.3 Å². The molecule has 25 heavy (non-hydrogen) atoms. The Kier molecular flexibility index (Phi) is 3.79. The molecule has 0 aliphatic heterocycles. The van der Waals surface area contributed by atoms with Gasteiger partial charge in [0.25, 0.3) is 5.91 Å². The molecule has 4 rings (SSSR count). The second-order valence-electron chi connectivity index (χ2n) is 5.21. The Morgan fingerprint density at radius 3 is 2.56 bits per heavy atom. The molecule has 0 saturated carbocycles. The maximum Gasteiger partial charge on any atom is 0.267 e. The third-order valence-electron chi connectivity index (χ3n) is 3.59. The summed E-state index contributed by atoms with van der Waals surface area (Å²) in [5.41, 5.74) is 8.78. The van der Waals surface area contributed by atoms with Gasteiger partial charge in [0.05, 0.1) is 11.4 Å². The summed E-state index contributed by atoms with van der Waals surface area (Å²) in [5, 5.41) is 3.57. The second-order valence-corrected chi connectivity index (χ2v) is 6.21. The normalized spacial score (nSPS) is 10.7. The van der Waals surface area contributed by atoms with Crippen LogP contribution in [0.1, 0.15) is 9.67 Å². The molecule has 0 aromatic carbocycles. The fourth-order valence-corrected chi connectivity index (χ4v) is 3.37. The molecule has 0 aliphatic rings. The van der Waals surface area contributed by atoms with Crippen molar-refractivity contribution in [2.45, 2.75) is 0 Å². The number of thiophene rings is 1. The molecule has 0 atom stereocenters. The van der Waals surface area contributed by atoms with Crippen LogP contribution in [0.4, 0.5) is 11.4 Å². The molecule has 4 aromatic heterocycles. The van der Waals surface area contributed by atoms with E-state index in [-0.39, 0.29) is 5.91 Å². The van der Waals surface area contributed by atoms with E-state index in [0.717, 1.165) is 16.6 Å². The van der Waals surface area contributed by atoms with E-state index in [2.05, 4.69) is 25.3 Å². The summed E-state index contributed by atoms with van der Waals surface area (Å²) in [6.07, 6.45) is 8.07. The number of nitrogens with zero attached hydrogens (tertiary/aromatic N) is 4. The van der Waals surface area contributed by atoms with Gasteiger partial charge < -0.3 is 11.1 Å². The number of carbonyl (C=O) groups is 1. The van der Waals surface area contributed by atoms with Gasteiger partial charge in [-0.15, -0.1) is 11.3 Å². The number of amides is 1. The van der Waals surface area contributed by atoms with Gasteiger partial charge in [-0.3, -0.25) is 9.78 Å². The topological polar surface area (TPSA) is 107 Å². The highest BCUT2D eigenvalue weighted by atomic mass is 32.1. The van der Waals surface area contributed by atoms with Crippen molar-refractivity contribution in [2.75, 3.05) is 11.1 Å². The second kappa shape index (κ2) is 6.25. The van der Waals surface area contributed by atoms with Gasteiger partial charge in [0.1, 0.15) is 16.0 Å². The van der Waals surface area contributed by atoms with E-state index in [1.807, 2.05) is 12.1 Å². The van der Waals surface area contributed by atoms with E-state index in [1.54, 1.807) is 36.9 Å². The van der Waals surface area contributed by atoms with Crippen LogP contribution in [-0.4, -0.2) is 25.8 Å². The number of nitrogen functional groups attached to an aromatic ring is 1. The number of carbonyl (C=O) groups excluding carboxylic acids is 1. The first-order valence-corrected chi connectivity index (χ1v) is 8.20. The monoisotopic (exact) mass is 348 g/mol. The van der Waals surface area contributed by atoms with Gasteiger partial charge in [0.2, 0.25) is 0 Å². The van der Waals surface area contributed by atoms with Crippen LogP contribution in [0.15, 0.2) is 55.4 Å². The fraction of sp³-hybridized carbons (Fsp3) is 0. The zero-order chi connectivity index (χ0) is 17.2. The number of nitrogens with two attached hydrogens (primary N) is 1. The minimum absolute atomic E-state index is 0.267. The minimum atomic E-state index is -0.267. The zero-order valence-electron chi connectivity index (χ0n) is 12.9. The average Bonchev–Trinajstić information content (AvgIpc) is 2.99. The van der Waals surface area contributed by atoms with E-state index in [4.69, 9.17) is 5.73 Å². The Morgan fingerprint density at radius 2 is 1.80 bits per heavy atom. The summed E-state index contributed by atoms with van der Waals surface area (Å²) >= 11 is 1.26. The predicted octanol–water partition coefficient (Wildman–Crippen LogP) is 2.98. The van der Waals surface area contributed by atoms with E-state index in [9.17, 15) is 4.79 Å². The summed E-state index contributed by atoms with van der Waals surface area (Å²) in [6, 6.07) is 7.13. The molecule has 0 saturated heterocycles. The molecule has 0 spiro atoms. The largest absolute Gasteiger partial charge is 0.397 e. The smallest absolute Gasteiger partial charge is 0.267 e. The minimum Gasteiger partial charge on any atom is -0.397 e. The van der Waals surface area contributed by atoms with E-state index >= 15 is 0 Å². The van der Waals surface area contributed by atoms with Crippen LogP contribution >= 0.6 is 11.3 Å². The average molecular weight is 348 g/mol. The molecule has 0 aliphatic carbocycles. The number of nitrogens with one attached hydrogen (secondary N) is 1. The van der Waals surface area contributed by atoms with Gasteiger partial charge in [-0.05, 0) is 24.3 Å². The van der Waals surface area contributed by atoms with E-state index < -0.39 is 0 Å². The lowest BCUT2D eigenvalue weighted by Crippen LogP contribution is -2.11. The highest BCUT2D eigenvalue weighted by Crippen LogP contribution is 2.34. The van der Waals surface area contributed by atoms with Crippen LogP contribution in [-0.2, 0) is 0 Å². The molecule has 1 amide bonds. The van der Waals surface area contributed by atoms with Crippen molar-refractivity contribution >= 4 is 38.8 Å². The first kappa shape index (κ1) is 15.2. The lowest BCUT2D eigenvalue weighted by molar-refractivity contribution is 0.103. The molecule has 0 bridgehead atoms. The van der Waals surface area contributed by atoms with Crippen molar-refractivity contribution in [3.8, 4) is 11.3 Å². The Hall–Kier alpha value is -3.39. The van der Waals surface area contributed by atoms with Crippen molar-refractivity contribution in [1.29, 1.82) is 0 Å². The molecule has 0 radical (unpaired) electrons. The fourth-order valence-electron chi connectivity index (χ4n) is 2.38. The van der Waals surface area contributed by atoms with E-state index in [0.29, 0.717) is 21.1 Å². The number of hydrogen-bond acceptors (Lipinski definition) is 7. The predicted molar refractivity (Wildman–Crippen MR) is 97.2 cm³/mol. The molecule has 8 heteroatoms.